The van der Waals surface area contributed by atoms with Crippen LogP contribution in [-0.2, 0) is 6.42 Å². The van der Waals surface area contributed by atoms with E-state index in [4.69, 9.17) is 4.74 Å². The van der Waals surface area contributed by atoms with E-state index in [0.29, 0.717) is 13.0 Å². The second-order valence-corrected chi connectivity index (χ2v) is 3.04. The molecule has 0 bridgehead atoms. The summed E-state index contributed by atoms with van der Waals surface area (Å²) in [7, 11) is 0. The molecular weight excluding hydrogens is 182 g/mol. The van der Waals surface area contributed by atoms with Crippen molar-refractivity contribution in [2.24, 2.45) is 0 Å². The van der Waals surface area contributed by atoms with E-state index in [1.165, 1.54) is 6.07 Å². The van der Waals surface area contributed by atoms with E-state index in [0.717, 1.165) is 11.3 Å². The van der Waals surface area contributed by atoms with Crippen LogP contribution in [-0.4, -0.2) is 11.5 Å². The summed E-state index contributed by atoms with van der Waals surface area (Å²) in [6.45, 7) is 0.533. The van der Waals surface area contributed by atoms with Crippen LogP contribution in [0.1, 0.15) is 5.56 Å². The molecule has 1 aliphatic rings. The highest BCUT2D eigenvalue weighted by molar-refractivity contribution is 5.45. The third-order valence-electron chi connectivity index (χ3n) is 2.09. The van der Waals surface area contributed by atoms with Crippen molar-refractivity contribution in [1.82, 2.24) is 0 Å². The summed E-state index contributed by atoms with van der Waals surface area (Å²) in [5.41, 5.74) is 0.982. The Labute approximate surface area is 81.0 Å². The van der Waals surface area contributed by atoms with Gasteiger partial charge in [0.25, 0.3) is 5.69 Å². The molecule has 1 aliphatic heterocycles. The van der Waals surface area contributed by atoms with Gasteiger partial charge in [-0.2, -0.15) is 0 Å². The summed E-state index contributed by atoms with van der Waals surface area (Å²) < 4.78 is 5.37. The van der Waals surface area contributed by atoms with Gasteiger partial charge < -0.3 is 4.74 Å². The first kappa shape index (κ1) is 8.74. The third kappa shape index (κ3) is 1.59. The van der Waals surface area contributed by atoms with Gasteiger partial charge >= 0.3 is 0 Å². The predicted octanol–water partition coefficient (Wildman–Crippen LogP) is 2.09. The molecule has 0 fully saturated rings. The second-order valence-electron chi connectivity index (χ2n) is 3.04. The lowest BCUT2D eigenvalue weighted by atomic mass is 10.1. The first-order chi connectivity index (χ1) is 6.77. The van der Waals surface area contributed by atoms with Crippen LogP contribution in [0.25, 0.3) is 0 Å². The van der Waals surface area contributed by atoms with E-state index in [-0.39, 0.29) is 5.69 Å². The number of nitro groups is 1. The fourth-order valence-electron chi connectivity index (χ4n) is 1.40. The lowest BCUT2D eigenvalue weighted by Gasteiger charge is -2.05. The van der Waals surface area contributed by atoms with E-state index in [1.54, 1.807) is 12.1 Å². The topological polar surface area (TPSA) is 52.4 Å². The molecule has 0 unspecified atom stereocenters. The van der Waals surface area contributed by atoms with E-state index in [9.17, 15) is 10.1 Å². The third-order valence-corrected chi connectivity index (χ3v) is 2.09. The maximum atomic E-state index is 10.5. The van der Waals surface area contributed by atoms with Gasteiger partial charge in [0.05, 0.1) is 4.92 Å². The molecule has 0 radical (unpaired) electrons. The van der Waals surface area contributed by atoms with Gasteiger partial charge in [0.15, 0.2) is 0 Å². The number of fused-ring (bicyclic) bond motifs is 1. The molecule has 0 saturated carbocycles. The molecule has 0 amide bonds. The highest BCUT2D eigenvalue weighted by atomic mass is 16.6. The van der Waals surface area contributed by atoms with Crippen LogP contribution < -0.4 is 4.74 Å². The van der Waals surface area contributed by atoms with Gasteiger partial charge in [-0.3, -0.25) is 10.1 Å². The molecular formula is C10H9NO3. The van der Waals surface area contributed by atoms with E-state index >= 15 is 0 Å². The standard InChI is InChI=1S/C10H9NO3/c12-11(13)9-4-5-10-8(7-9)3-1-2-6-14-10/h1-2,4-5,7H,3,6H2. The molecule has 1 heterocycles. The number of hydrogen-bond acceptors (Lipinski definition) is 3. The molecule has 72 valence electrons. The highest BCUT2D eigenvalue weighted by Crippen LogP contribution is 2.26. The van der Waals surface area contributed by atoms with Crippen LogP contribution in [0.2, 0.25) is 0 Å². The number of allylic oxidation sites excluding steroid dienone is 1. The van der Waals surface area contributed by atoms with E-state index in [2.05, 4.69) is 0 Å². The SMILES string of the molecule is O=[N+]([O-])c1ccc2c(c1)CC=CCO2. The van der Waals surface area contributed by atoms with Gasteiger partial charge in [-0.25, -0.2) is 0 Å². The second kappa shape index (κ2) is 3.49. The molecule has 0 atom stereocenters. The number of ether oxygens (including phenoxy) is 1. The monoisotopic (exact) mass is 191 g/mol. The Morgan fingerprint density at radius 1 is 1.36 bits per heavy atom. The van der Waals surface area contributed by atoms with Crippen molar-refractivity contribution >= 4 is 5.69 Å². The van der Waals surface area contributed by atoms with Gasteiger partial charge in [-0.05, 0) is 12.5 Å². The molecule has 0 aliphatic carbocycles. The smallest absolute Gasteiger partial charge is 0.269 e. The van der Waals surface area contributed by atoms with Crippen molar-refractivity contribution in [2.45, 2.75) is 6.42 Å². The van der Waals surface area contributed by atoms with Crippen molar-refractivity contribution in [3.05, 3.63) is 46.0 Å². The number of benzene rings is 1. The van der Waals surface area contributed by atoms with Crippen molar-refractivity contribution in [3.63, 3.8) is 0 Å². The molecule has 14 heavy (non-hydrogen) atoms. The minimum atomic E-state index is -0.394. The maximum Gasteiger partial charge on any atom is 0.269 e. The number of nitro benzene ring substituents is 1. The van der Waals surface area contributed by atoms with E-state index < -0.39 is 4.92 Å². The summed E-state index contributed by atoms with van der Waals surface area (Å²) in [6, 6.07) is 4.68. The zero-order valence-corrected chi connectivity index (χ0v) is 7.47. The molecule has 1 aromatic carbocycles. The van der Waals surface area contributed by atoms with Crippen molar-refractivity contribution < 1.29 is 9.66 Å². The van der Waals surface area contributed by atoms with Gasteiger partial charge in [0.1, 0.15) is 12.4 Å². The molecule has 4 heteroatoms. The molecule has 0 N–H and O–H groups in total. The van der Waals surface area contributed by atoms with Crippen molar-refractivity contribution in [1.29, 1.82) is 0 Å². The van der Waals surface area contributed by atoms with Crippen LogP contribution in [0.3, 0.4) is 0 Å². The Balaban J connectivity index is 2.41. The summed E-state index contributed by atoms with van der Waals surface area (Å²) in [5, 5.41) is 10.5. The highest BCUT2D eigenvalue weighted by Gasteiger charge is 2.11. The van der Waals surface area contributed by atoms with Gasteiger partial charge in [0.2, 0.25) is 0 Å². The van der Waals surface area contributed by atoms with E-state index in [1.807, 2.05) is 12.2 Å². The molecule has 2 rings (SSSR count). The van der Waals surface area contributed by atoms with Crippen molar-refractivity contribution in [2.75, 3.05) is 6.61 Å². The number of nitrogens with zero attached hydrogens (tertiary/aromatic N) is 1. The molecule has 0 saturated heterocycles. The Kier molecular flexibility index (Phi) is 2.18. The van der Waals surface area contributed by atoms with Gasteiger partial charge in [-0.1, -0.05) is 12.2 Å². The lowest BCUT2D eigenvalue weighted by molar-refractivity contribution is -0.384. The normalized spacial score (nSPS) is 14.0. The minimum absolute atomic E-state index is 0.114. The van der Waals surface area contributed by atoms with Crippen LogP contribution in [0, 0.1) is 10.1 Å². The first-order valence-corrected chi connectivity index (χ1v) is 4.32. The molecule has 1 aromatic rings. The fourth-order valence-corrected chi connectivity index (χ4v) is 1.40. The van der Waals surface area contributed by atoms with Crippen molar-refractivity contribution in [3.8, 4) is 5.75 Å². The Morgan fingerprint density at radius 2 is 2.21 bits per heavy atom. The zero-order valence-electron chi connectivity index (χ0n) is 7.47. The summed E-state index contributed by atoms with van der Waals surface area (Å²) in [5.74, 6) is 0.737. The van der Waals surface area contributed by atoms with Crippen LogP contribution in [0.5, 0.6) is 5.75 Å². The average molecular weight is 191 g/mol. The lowest BCUT2D eigenvalue weighted by Crippen LogP contribution is -1.95. The fraction of sp³-hybridized carbons (Fsp3) is 0.200. The quantitative estimate of drug-likeness (QED) is 0.388. The number of non-ortho nitro benzene ring substituents is 1. The van der Waals surface area contributed by atoms with Crippen LogP contribution >= 0.6 is 0 Å². The Morgan fingerprint density at radius 3 is 3.00 bits per heavy atom. The van der Waals surface area contributed by atoms with Crippen LogP contribution in [0.15, 0.2) is 30.4 Å². The Bertz CT molecular complexity index is 398. The number of hydrogen-bond donors (Lipinski definition) is 0. The minimum Gasteiger partial charge on any atom is -0.489 e. The molecule has 4 nitrogen and oxygen atoms in total. The first-order valence-electron chi connectivity index (χ1n) is 4.32. The molecule has 0 spiro atoms. The largest absolute Gasteiger partial charge is 0.489 e. The maximum absolute atomic E-state index is 10.5. The average Bonchev–Trinajstić information content (AvgIpc) is 2.41. The summed E-state index contributed by atoms with van der Waals surface area (Å²) in [4.78, 5) is 10.1. The number of rotatable bonds is 1. The van der Waals surface area contributed by atoms with Crippen LogP contribution in [0.4, 0.5) is 5.69 Å². The van der Waals surface area contributed by atoms with Gasteiger partial charge in [0, 0.05) is 17.7 Å². The summed E-state index contributed by atoms with van der Waals surface area (Å²) >= 11 is 0. The molecule has 0 aromatic heterocycles. The van der Waals surface area contributed by atoms with Gasteiger partial charge in [-0.15, -0.1) is 0 Å². The zero-order chi connectivity index (χ0) is 9.97. The Hall–Kier alpha value is -1.84. The predicted molar refractivity (Wildman–Crippen MR) is 51.4 cm³/mol. The summed E-state index contributed by atoms with van der Waals surface area (Å²) in [6.07, 6.45) is 4.55.